The fraction of sp³-hybridized carbons (Fsp3) is 0.450. The van der Waals surface area contributed by atoms with Crippen molar-refractivity contribution < 1.29 is 19.1 Å². The first-order chi connectivity index (χ1) is 12.7. The molecular weight excluding hydrogens is 364 g/mol. The molecule has 0 aliphatic carbocycles. The second-order valence-corrected chi connectivity index (χ2v) is 8.63. The van der Waals surface area contributed by atoms with Gasteiger partial charge in [-0.1, -0.05) is 12.1 Å². The number of rotatable bonds is 4. The highest BCUT2D eigenvalue weighted by molar-refractivity contribution is 8.18. The third-order valence-corrected chi connectivity index (χ3v) is 5.15. The number of benzene rings is 1. The van der Waals surface area contributed by atoms with Crippen LogP contribution in [0.1, 0.15) is 39.2 Å². The minimum absolute atomic E-state index is 0.317. The Labute approximate surface area is 163 Å². The van der Waals surface area contributed by atoms with E-state index in [1.165, 1.54) is 18.5 Å². The summed E-state index contributed by atoms with van der Waals surface area (Å²) in [6.45, 7) is 7.00. The van der Waals surface area contributed by atoms with Gasteiger partial charge < -0.3 is 9.64 Å². The lowest BCUT2D eigenvalue weighted by Gasteiger charge is -2.21. The topological polar surface area (TPSA) is 66.9 Å². The second kappa shape index (κ2) is 7.76. The normalized spacial score (nSPS) is 19.3. The number of amides is 2. The molecular formula is C20H24N2O4S. The smallest absolute Gasteiger partial charge is 0.326 e. The van der Waals surface area contributed by atoms with Crippen LogP contribution in [0, 0.1) is 0 Å². The zero-order valence-corrected chi connectivity index (χ0v) is 16.7. The second-order valence-electron chi connectivity index (χ2n) is 7.64. The van der Waals surface area contributed by atoms with Gasteiger partial charge in [-0.15, -0.1) is 0 Å². The van der Waals surface area contributed by atoms with E-state index in [1.807, 2.05) is 24.3 Å². The lowest BCUT2D eigenvalue weighted by Crippen LogP contribution is -2.37. The average Bonchev–Trinajstić information content (AvgIpc) is 3.19. The third kappa shape index (κ3) is 4.91. The van der Waals surface area contributed by atoms with Gasteiger partial charge in [0.2, 0.25) is 0 Å². The highest BCUT2D eigenvalue weighted by Crippen LogP contribution is 2.32. The Bertz CT molecular complexity index is 774. The van der Waals surface area contributed by atoms with Gasteiger partial charge in [0.1, 0.15) is 12.1 Å². The number of carbonyl (C=O) groups is 3. The van der Waals surface area contributed by atoms with Gasteiger partial charge in [-0.25, -0.2) is 0 Å². The highest BCUT2D eigenvalue weighted by atomic mass is 32.2. The largest absolute Gasteiger partial charge is 0.459 e. The summed E-state index contributed by atoms with van der Waals surface area (Å²) in [4.78, 5) is 40.1. The molecule has 2 saturated heterocycles. The van der Waals surface area contributed by atoms with Crippen molar-refractivity contribution in [2.45, 2.75) is 39.2 Å². The van der Waals surface area contributed by atoms with Gasteiger partial charge in [0.15, 0.2) is 0 Å². The van der Waals surface area contributed by atoms with Crippen molar-refractivity contribution in [1.29, 1.82) is 0 Å². The Hall–Kier alpha value is -2.28. The monoisotopic (exact) mass is 388 g/mol. The first-order valence-electron chi connectivity index (χ1n) is 9.05. The zero-order chi connectivity index (χ0) is 19.6. The van der Waals surface area contributed by atoms with E-state index in [0.717, 1.165) is 35.3 Å². The molecule has 6 nitrogen and oxygen atoms in total. The molecule has 0 saturated carbocycles. The molecule has 0 spiro atoms. The summed E-state index contributed by atoms with van der Waals surface area (Å²) >= 11 is 0.846. The van der Waals surface area contributed by atoms with Gasteiger partial charge in [-0.05, 0) is 69.1 Å². The molecule has 2 amide bonds. The van der Waals surface area contributed by atoms with E-state index < -0.39 is 22.7 Å². The van der Waals surface area contributed by atoms with E-state index in [9.17, 15) is 14.4 Å². The van der Waals surface area contributed by atoms with Crippen molar-refractivity contribution in [3.8, 4) is 0 Å². The van der Waals surface area contributed by atoms with Gasteiger partial charge in [-0.3, -0.25) is 19.3 Å². The summed E-state index contributed by atoms with van der Waals surface area (Å²) in [7, 11) is 0. The Balaban J connectivity index is 1.67. The SMILES string of the molecule is CC(C)(C)OC(=O)CN1C(=O)SC(=Cc2ccc(N3CCCC3)cc2)C1=O. The number of ether oxygens (including phenoxy) is 1. The van der Waals surface area contributed by atoms with Crippen LogP contribution >= 0.6 is 11.8 Å². The number of carbonyl (C=O) groups excluding carboxylic acids is 3. The van der Waals surface area contributed by atoms with E-state index in [-0.39, 0.29) is 6.54 Å². The molecule has 2 fully saturated rings. The number of hydrogen-bond donors (Lipinski definition) is 0. The van der Waals surface area contributed by atoms with E-state index in [1.54, 1.807) is 26.8 Å². The molecule has 144 valence electrons. The molecule has 2 heterocycles. The highest BCUT2D eigenvalue weighted by Gasteiger charge is 2.37. The molecule has 27 heavy (non-hydrogen) atoms. The van der Waals surface area contributed by atoms with E-state index in [2.05, 4.69) is 4.90 Å². The van der Waals surface area contributed by atoms with Crippen molar-refractivity contribution in [3.63, 3.8) is 0 Å². The first kappa shape index (κ1) is 19.5. The molecule has 3 rings (SSSR count). The average molecular weight is 388 g/mol. The van der Waals surface area contributed by atoms with Gasteiger partial charge in [-0.2, -0.15) is 0 Å². The fourth-order valence-corrected chi connectivity index (χ4v) is 3.89. The maximum Gasteiger partial charge on any atom is 0.326 e. The summed E-state index contributed by atoms with van der Waals surface area (Å²) in [5.74, 6) is -1.06. The minimum atomic E-state index is -0.661. The fourth-order valence-electron chi connectivity index (χ4n) is 3.05. The maximum atomic E-state index is 12.5. The Kier molecular flexibility index (Phi) is 5.60. The molecule has 2 aliphatic rings. The first-order valence-corrected chi connectivity index (χ1v) is 9.87. The quantitative estimate of drug-likeness (QED) is 0.579. The molecule has 2 aliphatic heterocycles. The van der Waals surface area contributed by atoms with E-state index in [4.69, 9.17) is 4.74 Å². The molecule has 1 aromatic carbocycles. The van der Waals surface area contributed by atoms with Gasteiger partial charge >= 0.3 is 5.97 Å². The van der Waals surface area contributed by atoms with Gasteiger partial charge in [0.25, 0.3) is 11.1 Å². The lowest BCUT2D eigenvalue weighted by molar-refractivity contribution is -0.156. The van der Waals surface area contributed by atoms with Crippen molar-refractivity contribution in [3.05, 3.63) is 34.7 Å². The van der Waals surface area contributed by atoms with Crippen LogP contribution in [0.4, 0.5) is 10.5 Å². The summed E-state index contributed by atoms with van der Waals surface area (Å²) in [5, 5.41) is -0.453. The predicted octanol–water partition coefficient (Wildman–Crippen LogP) is 3.66. The molecule has 0 aromatic heterocycles. The number of thioether (sulfide) groups is 1. The molecule has 1 aromatic rings. The van der Waals surface area contributed by atoms with Crippen LogP contribution < -0.4 is 4.90 Å². The summed E-state index contributed by atoms with van der Waals surface area (Å²) in [6.07, 6.45) is 4.12. The molecule has 0 radical (unpaired) electrons. The minimum Gasteiger partial charge on any atom is -0.459 e. The number of anilines is 1. The molecule has 0 bridgehead atoms. The van der Waals surface area contributed by atoms with Crippen LogP contribution in [0.25, 0.3) is 6.08 Å². The Morgan fingerprint density at radius 1 is 1.15 bits per heavy atom. The number of esters is 1. The standard InChI is InChI=1S/C20H24N2O4S/c1-20(2,3)26-17(23)13-22-18(24)16(27-19(22)25)12-14-6-8-15(9-7-14)21-10-4-5-11-21/h6-9,12H,4-5,10-11,13H2,1-3H3. The summed E-state index contributed by atoms with van der Waals surface area (Å²) in [5.41, 5.74) is 1.36. The van der Waals surface area contributed by atoms with Crippen LogP contribution in [0.5, 0.6) is 0 Å². The van der Waals surface area contributed by atoms with Crippen molar-refractivity contribution in [2.75, 3.05) is 24.5 Å². The van der Waals surface area contributed by atoms with Crippen LogP contribution in [-0.2, 0) is 14.3 Å². The van der Waals surface area contributed by atoms with Crippen molar-refractivity contribution in [1.82, 2.24) is 4.90 Å². The zero-order valence-electron chi connectivity index (χ0n) is 15.9. The third-order valence-electron chi connectivity index (χ3n) is 4.24. The number of imide groups is 1. The Morgan fingerprint density at radius 2 is 1.78 bits per heavy atom. The summed E-state index contributed by atoms with van der Waals surface area (Å²) < 4.78 is 5.19. The van der Waals surface area contributed by atoms with Crippen LogP contribution in [-0.4, -0.2) is 47.3 Å². The van der Waals surface area contributed by atoms with E-state index in [0.29, 0.717) is 4.91 Å². The van der Waals surface area contributed by atoms with Gasteiger partial charge in [0.05, 0.1) is 4.91 Å². The number of nitrogens with zero attached hydrogens (tertiary/aromatic N) is 2. The number of hydrogen-bond acceptors (Lipinski definition) is 6. The van der Waals surface area contributed by atoms with Crippen LogP contribution in [0.2, 0.25) is 0 Å². The van der Waals surface area contributed by atoms with Gasteiger partial charge in [0, 0.05) is 18.8 Å². The van der Waals surface area contributed by atoms with Crippen LogP contribution in [0.3, 0.4) is 0 Å². The Morgan fingerprint density at radius 3 is 2.37 bits per heavy atom. The van der Waals surface area contributed by atoms with Crippen molar-refractivity contribution >= 4 is 40.6 Å². The molecule has 0 atom stereocenters. The summed E-state index contributed by atoms with van der Waals surface area (Å²) in [6, 6.07) is 7.94. The van der Waals surface area contributed by atoms with E-state index >= 15 is 0 Å². The maximum absolute atomic E-state index is 12.5. The van der Waals surface area contributed by atoms with Crippen molar-refractivity contribution in [2.24, 2.45) is 0 Å². The molecule has 0 N–H and O–H groups in total. The molecule has 7 heteroatoms. The molecule has 0 unspecified atom stereocenters. The van der Waals surface area contributed by atoms with Crippen LogP contribution in [0.15, 0.2) is 29.2 Å². The lowest BCUT2D eigenvalue weighted by atomic mass is 10.2. The predicted molar refractivity (Wildman–Crippen MR) is 106 cm³/mol.